The number of amides is 1. The molecule has 1 saturated carbocycles. The summed E-state index contributed by atoms with van der Waals surface area (Å²) in [7, 11) is 0. The molecule has 2 rings (SSSR count). The second-order valence-corrected chi connectivity index (χ2v) is 6.37. The minimum Gasteiger partial charge on any atom is -0.348 e. The molecule has 0 spiro atoms. The molecule has 0 bridgehead atoms. The SMILES string of the molecule is CC.CC(=O)C(NC(=O)C1C[C@H]1c1cnc[nH]1)C(C)(C)C. The van der Waals surface area contributed by atoms with Gasteiger partial charge in [-0.15, -0.1) is 0 Å². The fraction of sp³-hybridized carbons (Fsp3) is 0.688. The van der Waals surface area contributed by atoms with E-state index in [0.717, 1.165) is 12.1 Å². The molecule has 1 aromatic heterocycles. The summed E-state index contributed by atoms with van der Waals surface area (Å²) in [5.41, 5.74) is 0.732. The van der Waals surface area contributed by atoms with Crippen LogP contribution in [0.4, 0.5) is 0 Å². The number of ketones is 1. The first-order chi connectivity index (χ1) is 9.80. The van der Waals surface area contributed by atoms with Gasteiger partial charge < -0.3 is 10.3 Å². The molecule has 5 nitrogen and oxygen atoms in total. The average Bonchev–Trinajstić information content (AvgIpc) is 3.02. The summed E-state index contributed by atoms with van der Waals surface area (Å²) in [6.45, 7) is 11.4. The molecule has 0 radical (unpaired) electrons. The number of H-pyrrole nitrogens is 1. The minimum absolute atomic E-state index is 0.000379. The standard InChI is InChI=1S/C14H21N3O2.C2H6/c1-8(18)12(14(2,3)4)17-13(19)10-5-9(10)11-6-15-7-16-11;1-2/h6-7,9-10,12H,5H2,1-4H3,(H,15,16)(H,17,19);1-2H3/t9-,10?,12?;/m1./s1. The molecule has 3 atom stereocenters. The van der Waals surface area contributed by atoms with Gasteiger partial charge in [-0.05, 0) is 18.8 Å². The summed E-state index contributed by atoms with van der Waals surface area (Å²) in [5, 5.41) is 2.89. The van der Waals surface area contributed by atoms with Gasteiger partial charge in [0.2, 0.25) is 5.91 Å². The van der Waals surface area contributed by atoms with E-state index in [1.165, 1.54) is 6.92 Å². The summed E-state index contributed by atoms with van der Waals surface area (Å²) in [6, 6.07) is -0.428. The number of rotatable bonds is 4. The number of carbonyl (C=O) groups excluding carboxylic acids is 2. The highest BCUT2D eigenvalue weighted by Crippen LogP contribution is 2.46. The van der Waals surface area contributed by atoms with Crippen molar-refractivity contribution in [3.63, 3.8) is 0 Å². The van der Waals surface area contributed by atoms with Crippen LogP contribution in [-0.4, -0.2) is 27.7 Å². The van der Waals surface area contributed by atoms with Crippen molar-refractivity contribution in [2.24, 2.45) is 11.3 Å². The van der Waals surface area contributed by atoms with E-state index in [4.69, 9.17) is 0 Å². The van der Waals surface area contributed by atoms with Crippen LogP contribution < -0.4 is 5.32 Å². The van der Waals surface area contributed by atoms with Gasteiger partial charge in [0.25, 0.3) is 0 Å². The van der Waals surface area contributed by atoms with Gasteiger partial charge in [0.15, 0.2) is 5.78 Å². The molecule has 1 aliphatic carbocycles. The topological polar surface area (TPSA) is 74.8 Å². The Kier molecular flexibility index (Phi) is 5.70. The third-order valence-corrected chi connectivity index (χ3v) is 3.61. The van der Waals surface area contributed by atoms with Crippen LogP contribution in [-0.2, 0) is 9.59 Å². The Balaban J connectivity index is 0.00000106. The number of nitrogens with one attached hydrogen (secondary N) is 2. The van der Waals surface area contributed by atoms with E-state index in [1.54, 1.807) is 12.5 Å². The summed E-state index contributed by atoms with van der Waals surface area (Å²) >= 11 is 0. The normalized spacial score (nSPS) is 21.8. The van der Waals surface area contributed by atoms with Crippen LogP contribution in [0, 0.1) is 11.3 Å². The molecular formula is C16H27N3O2. The fourth-order valence-corrected chi connectivity index (χ4v) is 2.48. The number of nitrogens with zero attached hydrogens (tertiary/aromatic N) is 1. The lowest BCUT2D eigenvalue weighted by Crippen LogP contribution is -2.48. The zero-order valence-corrected chi connectivity index (χ0v) is 13.9. The van der Waals surface area contributed by atoms with E-state index in [2.05, 4.69) is 15.3 Å². The van der Waals surface area contributed by atoms with Gasteiger partial charge in [-0.3, -0.25) is 9.59 Å². The molecule has 1 aliphatic rings. The predicted octanol–water partition coefficient (Wildman–Crippen LogP) is 2.66. The zero-order valence-electron chi connectivity index (χ0n) is 13.9. The molecule has 21 heavy (non-hydrogen) atoms. The lowest BCUT2D eigenvalue weighted by molar-refractivity contribution is -0.130. The van der Waals surface area contributed by atoms with Gasteiger partial charge in [-0.25, -0.2) is 4.98 Å². The van der Waals surface area contributed by atoms with E-state index >= 15 is 0 Å². The number of imidazole rings is 1. The molecule has 118 valence electrons. The fourth-order valence-electron chi connectivity index (χ4n) is 2.48. The highest BCUT2D eigenvalue weighted by molar-refractivity contribution is 5.90. The molecular weight excluding hydrogens is 266 g/mol. The first-order valence-electron chi connectivity index (χ1n) is 7.60. The highest BCUT2D eigenvalue weighted by atomic mass is 16.2. The zero-order chi connectivity index (χ0) is 16.2. The number of aromatic nitrogens is 2. The third-order valence-electron chi connectivity index (χ3n) is 3.61. The molecule has 0 aromatic carbocycles. The summed E-state index contributed by atoms with van der Waals surface area (Å²) < 4.78 is 0. The van der Waals surface area contributed by atoms with E-state index in [0.29, 0.717) is 0 Å². The van der Waals surface area contributed by atoms with Crippen LogP contribution in [0.15, 0.2) is 12.5 Å². The van der Waals surface area contributed by atoms with Gasteiger partial charge in [-0.1, -0.05) is 34.6 Å². The molecule has 1 fully saturated rings. The highest BCUT2D eigenvalue weighted by Gasteiger charge is 2.46. The van der Waals surface area contributed by atoms with Crippen molar-refractivity contribution < 1.29 is 9.59 Å². The van der Waals surface area contributed by atoms with Crippen molar-refractivity contribution in [2.45, 2.75) is 59.9 Å². The molecule has 2 N–H and O–H groups in total. The van der Waals surface area contributed by atoms with Crippen molar-refractivity contribution in [3.05, 3.63) is 18.2 Å². The smallest absolute Gasteiger partial charge is 0.224 e. The number of aromatic amines is 1. The Morgan fingerprint density at radius 1 is 1.38 bits per heavy atom. The Morgan fingerprint density at radius 2 is 2.00 bits per heavy atom. The van der Waals surface area contributed by atoms with Crippen LogP contribution >= 0.6 is 0 Å². The van der Waals surface area contributed by atoms with Crippen molar-refractivity contribution >= 4 is 11.7 Å². The van der Waals surface area contributed by atoms with Crippen LogP contribution in [0.2, 0.25) is 0 Å². The van der Waals surface area contributed by atoms with Gasteiger partial charge >= 0.3 is 0 Å². The second kappa shape index (κ2) is 6.87. The third kappa shape index (κ3) is 4.41. The van der Waals surface area contributed by atoms with Gasteiger partial charge in [-0.2, -0.15) is 0 Å². The van der Waals surface area contributed by atoms with Crippen molar-refractivity contribution in [2.75, 3.05) is 0 Å². The Bertz CT molecular complexity index is 474. The average molecular weight is 293 g/mol. The number of hydrogen-bond donors (Lipinski definition) is 2. The van der Waals surface area contributed by atoms with Gasteiger partial charge in [0.1, 0.15) is 0 Å². The molecule has 5 heteroatoms. The summed E-state index contributed by atoms with van der Waals surface area (Å²) in [6.07, 6.45) is 4.20. The van der Waals surface area contributed by atoms with Crippen molar-refractivity contribution in [3.8, 4) is 0 Å². The Hall–Kier alpha value is -1.65. The number of Topliss-reactive ketones (excluding diaryl/α,β-unsaturated/α-hetero) is 1. The Morgan fingerprint density at radius 3 is 2.43 bits per heavy atom. The van der Waals surface area contributed by atoms with Gasteiger partial charge in [0.05, 0.1) is 12.4 Å². The molecule has 0 aliphatic heterocycles. The lowest BCUT2D eigenvalue weighted by Gasteiger charge is -2.29. The van der Waals surface area contributed by atoms with Crippen LogP contribution in [0.1, 0.15) is 59.6 Å². The maximum absolute atomic E-state index is 12.2. The Labute approximate surface area is 126 Å². The van der Waals surface area contributed by atoms with Crippen LogP contribution in [0.25, 0.3) is 0 Å². The van der Waals surface area contributed by atoms with E-state index < -0.39 is 6.04 Å². The quantitative estimate of drug-likeness (QED) is 0.896. The molecule has 1 heterocycles. The first kappa shape index (κ1) is 17.4. The van der Waals surface area contributed by atoms with E-state index in [-0.39, 0.29) is 28.9 Å². The summed E-state index contributed by atoms with van der Waals surface area (Å²) in [5.74, 6) is 0.147. The molecule has 1 amide bonds. The molecule has 1 aromatic rings. The number of carbonyl (C=O) groups is 2. The van der Waals surface area contributed by atoms with Crippen molar-refractivity contribution in [1.29, 1.82) is 0 Å². The monoisotopic (exact) mass is 293 g/mol. The second-order valence-electron chi connectivity index (χ2n) is 6.37. The lowest BCUT2D eigenvalue weighted by atomic mass is 9.84. The van der Waals surface area contributed by atoms with E-state index in [1.807, 2.05) is 34.6 Å². The molecule has 0 saturated heterocycles. The van der Waals surface area contributed by atoms with Gasteiger partial charge in [0, 0.05) is 23.7 Å². The predicted molar refractivity (Wildman–Crippen MR) is 82.9 cm³/mol. The van der Waals surface area contributed by atoms with E-state index in [9.17, 15) is 9.59 Å². The number of hydrogen-bond acceptors (Lipinski definition) is 3. The van der Waals surface area contributed by atoms with Crippen LogP contribution in [0.3, 0.4) is 0 Å². The minimum atomic E-state index is -0.428. The van der Waals surface area contributed by atoms with Crippen LogP contribution in [0.5, 0.6) is 0 Å². The maximum Gasteiger partial charge on any atom is 0.224 e. The molecule has 2 unspecified atom stereocenters. The first-order valence-corrected chi connectivity index (χ1v) is 7.60. The maximum atomic E-state index is 12.2. The van der Waals surface area contributed by atoms with Crippen molar-refractivity contribution in [1.82, 2.24) is 15.3 Å². The summed E-state index contributed by atoms with van der Waals surface area (Å²) in [4.78, 5) is 30.8. The largest absolute Gasteiger partial charge is 0.348 e.